The van der Waals surface area contributed by atoms with Gasteiger partial charge in [0, 0.05) is 34.1 Å². The summed E-state index contributed by atoms with van der Waals surface area (Å²) in [5, 5.41) is 12.0. The number of rotatable bonds is 35. The number of urea groups is 2. The molecule has 0 spiro atoms. The summed E-state index contributed by atoms with van der Waals surface area (Å²) < 4.78 is 19.6. The van der Waals surface area contributed by atoms with Crippen molar-refractivity contribution in [2.75, 3.05) is 26.4 Å². The number of ether oxygens (including phenoxy) is 3. The Balaban J connectivity index is 0.000000199. The molecule has 2 aliphatic rings. The number of imide groups is 1. The van der Waals surface area contributed by atoms with Crippen LogP contribution >= 0.6 is 0 Å². The van der Waals surface area contributed by atoms with Crippen LogP contribution < -0.4 is 36.3 Å². The maximum atomic E-state index is 10.8. The maximum Gasteiger partial charge on any atom is 0.322 e. The van der Waals surface area contributed by atoms with Gasteiger partial charge >= 0.3 is 12.1 Å². The lowest BCUT2D eigenvalue weighted by molar-refractivity contribution is 0.1000. The Morgan fingerprint density at radius 2 is 0.802 bits per heavy atom. The van der Waals surface area contributed by atoms with Gasteiger partial charge in [-0.05, 0) is 143 Å². The lowest BCUT2D eigenvalue weighted by Gasteiger charge is -2.18. The van der Waals surface area contributed by atoms with Crippen molar-refractivity contribution in [3.8, 4) is 28.4 Å². The SMILES string of the molecule is CCCCCCCCCCCCOc1c(-c2ccccc2)c2cc3nc(cc4ccc(cc5nc(cc1[nH]2)C=C5)[nH]4)C=C3.CCCCCCCCCCOc1ccc2c3ccccc3c3ccccc3c2c1OCCCCCC.CCCCCCNC(=O)NC(N)=O.NC(=O)c1ccccc1. The molecule has 0 radical (unpaired) electrons. The molecular formula is C87H110N8O6. The van der Waals surface area contributed by atoms with E-state index in [-0.39, 0.29) is 5.91 Å². The van der Waals surface area contributed by atoms with Crippen LogP contribution in [0.5, 0.6) is 17.2 Å². The topological polar surface area (TPSA) is 212 Å². The van der Waals surface area contributed by atoms with E-state index in [1.54, 1.807) is 24.3 Å². The average molecular weight is 1360 g/mol. The minimum absolute atomic E-state index is 0.379. The van der Waals surface area contributed by atoms with Crippen LogP contribution in [0.25, 0.3) is 89.8 Å². The van der Waals surface area contributed by atoms with E-state index < -0.39 is 12.1 Å². The number of hydrogen-bond acceptors (Lipinski definition) is 8. The molecule has 5 amide bonds. The Morgan fingerprint density at radius 3 is 1.30 bits per heavy atom. The second-order valence-electron chi connectivity index (χ2n) is 26.3. The number of aromatic amines is 2. The maximum absolute atomic E-state index is 10.8. The Labute approximate surface area is 599 Å². The van der Waals surface area contributed by atoms with E-state index in [2.05, 4.69) is 195 Å². The number of nitrogens with one attached hydrogen (secondary N) is 4. The van der Waals surface area contributed by atoms with Gasteiger partial charge in [-0.3, -0.25) is 10.1 Å². The number of nitrogens with zero attached hydrogens (tertiary/aromatic N) is 2. The first-order chi connectivity index (χ1) is 49.6. The smallest absolute Gasteiger partial charge is 0.322 e. The molecule has 11 rings (SSSR count). The summed E-state index contributed by atoms with van der Waals surface area (Å²) in [5.41, 5.74) is 20.0. The normalized spacial score (nSPS) is 11.3. The molecule has 14 nitrogen and oxygen atoms in total. The average Bonchev–Trinajstić information content (AvgIpc) is 1.53. The van der Waals surface area contributed by atoms with Gasteiger partial charge in [0.05, 0.1) is 53.6 Å². The second-order valence-corrected chi connectivity index (χ2v) is 26.3. The van der Waals surface area contributed by atoms with Gasteiger partial charge < -0.3 is 41.0 Å². The molecule has 0 unspecified atom stereocenters. The van der Waals surface area contributed by atoms with Crippen molar-refractivity contribution < 1.29 is 28.6 Å². The van der Waals surface area contributed by atoms with Gasteiger partial charge in [0.25, 0.3) is 0 Å². The van der Waals surface area contributed by atoms with Crippen LogP contribution in [0.15, 0.2) is 158 Å². The van der Waals surface area contributed by atoms with Crippen molar-refractivity contribution in [2.24, 2.45) is 11.5 Å². The highest BCUT2D eigenvalue weighted by Gasteiger charge is 2.19. The third-order valence-corrected chi connectivity index (χ3v) is 18.0. The summed E-state index contributed by atoms with van der Waals surface area (Å²) in [6.45, 7) is 11.7. The number of amides is 5. The predicted molar refractivity (Wildman–Crippen MR) is 424 cm³/mol. The summed E-state index contributed by atoms with van der Waals surface area (Å²) in [5.74, 6) is 2.31. The summed E-state index contributed by atoms with van der Waals surface area (Å²) in [4.78, 5) is 48.3. The molecule has 8 bridgehead atoms. The number of unbranched alkanes of at least 4 members (excludes halogenated alkanes) is 22. The van der Waals surface area contributed by atoms with Gasteiger partial charge in [0.1, 0.15) is 0 Å². The molecule has 8 N–H and O–H groups in total. The zero-order valence-electron chi connectivity index (χ0n) is 60.5. The monoisotopic (exact) mass is 1360 g/mol. The Morgan fingerprint density at radius 1 is 0.396 bits per heavy atom. The van der Waals surface area contributed by atoms with E-state index in [0.29, 0.717) is 18.7 Å². The standard InChI is InChI=1S/C38H42N4O.C34H44O2.C8H17N3O2.C7H7NO/c1-2-3-4-5-6-7-8-9-10-14-23-43-38-36-27-34-22-20-32(41-34)25-30-18-17-29(39-30)24-31-19-21-33(40-31)26-35(42-36)37(38)28-15-12-11-13-16-28;1-3-5-7-9-10-11-12-18-25-35-32-24-23-31-29-21-14-13-19-27(29)28-20-15-16-22-30(28)33(31)34(32)36-26-17-8-6-4-2;1-2-3-4-5-6-10-8(13)11-7(9)12;8-7(9)6-4-2-1-3-5-6/h11-13,15-22,24-27,39,42H,2-10,14,23H2,1H3;13-16,19-24H,3-12,17-18,25-26H2,1-2H3;2-6H2,1H3,(H4,9,10,11,12,13);1-5H,(H2,8,9). The first-order valence-corrected chi connectivity index (χ1v) is 37.7. The predicted octanol–water partition coefficient (Wildman–Crippen LogP) is 23.0. The quantitative estimate of drug-likeness (QED) is 0.0166. The summed E-state index contributed by atoms with van der Waals surface area (Å²) in [6.07, 6.45) is 40.8. The van der Waals surface area contributed by atoms with Crippen LogP contribution in [0, 0.1) is 0 Å². The Hall–Kier alpha value is -9.69. The van der Waals surface area contributed by atoms with Crippen LogP contribution in [0.2, 0.25) is 0 Å². The van der Waals surface area contributed by atoms with E-state index in [0.717, 1.165) is 125 Å². The third-order valence-electron chi connectivity index (χ3n) is 18.0. The molecule has 2 aliphatic heterocycles. The fourth-order valence-electron chi connectivity index (χ4n) is 12.7. The molecule has 9 aromatic rings. The van der Waals surface area contributed by atoms with E-state index in [4.69, 9.17) is 35.6 Å². The molecule has 6 aromatic carbocycles. The Kier molecular flexibility index (Phi) is 33.4. The highest BCUT2D eigenvalue weighted by atomic mass is 16.5. The van der Waals surface area contributed by atoms with Crippen LogP contribution in [0.1, 0.15) is 228 Å². The van der Waals surface area contributed by atoms with Gasteiger partial charge in [0.2, 0.25) is 5.91 Å². The van der Waals surface area contributed by atoms with E-state index >= 15 is 0 Å². The molecule has 534 valence electrons. The van der Waals surface area contributed by atoms with Crippen molar-refractivity contribution in [2.45, 2.75) is 195 Å². The number of H-pyrrole nitrogens is 2. The minimum atomic E-state index is -0.828. The Bertz CT molecular complexity index is 4200. The van der Waals surface area contributed by atoms with Gasteiger partial charge in [-0.15, -0.1) is 0 Å². The van der Waals surface area contributed by atoms with Crippen LogP contribution in [0.3, 0.4) is 0 Å². The molecule has 0 aliphatic carbocycles. The fourth-order valence-corrected chi connectivity index (χ4v) is 12.7. The number of fused-ring (bicyclic) bond motifs is 14. The van der Waals surface area contributed by atoms with Crippen LogP contribution in [-0.2, 0) is 0 Å². The van der Waals surface area contributed by atoms with Crippen molar-refractivity contribution in [1.82, 2.24) is 30.6 Å². The number of nitrogens with two attached hydrogens (primary N) is 2. The highest BCUT2D eigenvalue weighted by Crippen LogP contribution is 2.45. The molecular weight excluding hydrogens is 1250 g/mol. The van der Waals surface area contributed by atoms with Crippen molar-refractivity contribution >= 4 is 96.7 Å². The van der Waals surface area contributed by atoms with Gasteiger partial charge in [-0.2, -0.15) is 0 Å². The van der Waals surface area contributed by atoms with Gasteiger partial charge in [0.15, 0.2) is 17.2 Å². The molecule has 101 heavy (non-hydrogen) atoms. The molecule has 14 heteroatoms. The number of carbonyl (C=O) groups is 3. The van der Waals surface area contributed by atoms with Gasteiger partial charge in [-0.25, -0.2) is 19.6 Å². The van der Waals surface area contributed by atoms with E-state index in [1.807, 2.05) is 11.4 Å². The van der Waals surface area contributed by atoms with Crippen LogP contribution in [-0.4, -0.2) is 64.3 Å². The molecule has 0 saturated carbocycles. The number of aromatic nitrogens is 4. The number of primary amides is 2. The number of carbonyl (C=O) groups excluding carboxylic acids is 3. The van der Waals surface area contributed by atoms with Crippen molar-refractivity contribution in [3.63, 3.8) is 0 Å². The first kappa shape index (κ1) is 77.1. The minimum Gasteiger partial charge on any atom is -0.491 e. The number of benzene rings is 6. The first-order valence-electron chi connectivity index (χ1n) is 37.7. The molecule has 3 aromatic heterocycles. The zero-order chi connectivity index (χ0) is 71.1. The fraction of sp³-hybridized carbons (Fsp3) is 0.391. The number of hydrogen-bond donors (Lipinski definition) is 6. The zero-order valence-corrected chi connectivity index (χ0v) is 60.5. The lowest BCUT2D eigenvalue weighted by Crippen LogP contribution is -2.42. The lowest BCUT2D eigenvalue weighted by atomic mass is 9.93. The molecule has 0 saturated heterocycles. The van der Waals surface area contributed by atoms with E-state index in [1.165, 1.54) is 161 Å². The summed E-state index contributed by atoms with van der Waals surface area (Å²) in [6, 6.07) is 52.2. The highest BCUT2D eigenvalue weighted by molar-refractivity contribution is 6.27. The van der Waals surface area contributed by atoms with Crippen molar-refractivity contribution in [3.05, 3.63) is 186 Å². The molecule has 0 fully saturated rings. The molecule has 5 heterocycles. The summed E-state index contributed by atoms with van der Waals surface area (Å²) in [7, 11) is 0. The van der Waals surface area contributed by atoms with Crippen molar-refractivity contribution in [1.29, 1.82) is 0 Å². The van der Waals surface area contributed by atoms with Gasteiger partial charge in [-0.1, -0.05) is 266 Å². The third kappa shape index (κ3) is 25.5. The largest absolute Gasteiger partial charge is 0.491 e. The van der Waals surface area contributed by atoms with Crippen LogP contribution in [0.4, 0.5) is 9.59 Å². The van der Waals surface area contributed by atoms with E-state index in [9.17, 15) is 14.4 Å². The summed E-state index contributed by atoms with van der Waals surface area (Å²) >= 11 is 0. The second kappa shape index (κ2) is 43.8. The molecule has 0 atom stereocenters.